The minimum Gasteiger partial charge on any atom is -0.318 e. The Morgan fingerprint density at radius 1 is 1.31 bits per heavy atom. The van der Waals surface area contributed by atoms with Crippen LogP contribution in [-0.2, 0) is 7.05 Å². The van der Waals surface area contributed by atoms with E-state index in [1.54, 1.807) is 0 Å². The number of piperidine rings is 1. The molecule has 0 spiro atoms. The van der Waals surface area contributed by atoms with Crippen molar-refractivity contribution in [2.45, 2.75) is 25.7 Å². The molecule has 0 bridgehead atoms. The lowest BCUT2D eigenvalue weighted by molar-refractivity contribution is 0.436. The average molecular weight is 180 g/mol. The second-order valence-corrected chi connectivity index (χ2v) is 3.69. The molecule has 1 aliphatic rings. The van der Waals surface area contributed by atoms with E-state index in [0.717, 1.165) is 24.7 Å². The van der Waals surface area contributed by atoms with Gasteiger partial charge in [0.25, 0.3) is 0 Å². The van der Waals surface area contributed by atoms with E-state index in [2.05, 4.69) is 20.1 Å². The zero-order chi connectivity index (χ0) is 9.26. The smallest absolute Gasteiger partial charge is 0.135 e. The first-order chi connectivity index (χ1) is 6.29. The monoisotopic (exact) mass is 180 g/mol. The number of aryl methyl sites for hydroxylation is 1. The van der Waals surface area contributed by atoms with Gasteiger partial charge in [-0.2, -0.15) is 0 Å². The Morgan fingerprint density at radius 2 is 2.00 bits per heavy atom. The van der Waals surface area contributed by atoms with E-state index in [-0.39, 0.29) is 0 Å². The Bertz CT molecular complexity index is 286. The van der Waals surface area contributed by atoms with Gasteiger partial charge in [0.15, 0.2) is 0 Å². The summed E-state index contributed by atoms with van der Waals surface area (Å²) in [6.07, 6.45) is 2.37. The van der Waals surface area contributed by atoms with Gasteiger partial charge >= 0.3 is 0 Å². The molecule has 0 atom stereocenters. The van der Waals surface area contributed by atoms with Crippen LogP contribution in [0.3, 0.4) is 0 Å². The molecule has 4 nitrogen and oxygen atoms in total. The van der Waals surface area contributed by atoms with Crippen LogP contribution in [0.5, 0.6) is 0 Å². The normalized spacial score (nSPS) is 19.2. The van der Waals surface area contributed by atoms with E-state index in [4.69, 9.17) is 0 Å². The number of hydrogen-bond acceptors (Lipinski definition) is 3. The summed E-state index contributed by atoms with van der Waals surface area (Å²) < 4.78 is 2.11. The summed E-state index contributed by atoms with van der Waals surface area (Å²) in [5.41, 5.74) is 0. The second kappa shape index (κ2) is 3.46. The van der Waals surface area contributed by atoms with Crippen molar-refractivity contribution in [3.8, 4) is 0 Å². The topological polar surface area (TPSA) is 42.7 Å². The van der Waals surface area contributed by atoms with Gasteiger partial charge in [-0.1, -0.05) is 0 Å². The molecule has 1 aromatic heterocycles. The van der Waals surface area contributed by atoms with Gasteiger partial charge in [-0.3, -0.25) is 0 Å². The Hall–Kier alpha value is -0.900. The fourth-order valence-electron chi connectivity index (χ4n) is 1.86. The van der Waals surface area contributed by atoms with Gasteiger partial charge in [0.05, 0.1) is 0 Å². The number of aromatic nitrogens is 3. The molecule has 0 saturated carbocycles. The van der Waals surface area contributed by atoms with E-state index in [1.807, 2.05) is 14.0 Å². The fraction of sp³-hybridized carbons (Fsp3) is 0.778. The molecule has 1 aromatic rings. The van der Waals surface area contributed by atoms with Crippen LogP contribution in [0.15, 0.2) is 0 Å². The van der Waals surface area contributed by atoms with Crippen molar-refractivity contribution in [3.63, 3.8) is 0 Å². The van der Waals surface area contributed by atoms with E-state index < -0.39 is 0 Å². The van der Waals surface area contributed by atoms with Crippen LogP contribution in [0.2, 0.25) is 0 Å². The van der Waals surface area contributed by atoms with E-state index in [0.29, 0.717) is 5.92 Å². The maximum atomic E-state index is 4.22. The first-order valence-corrected chi connectivity index (χ1v) is 4.85. The molecule has 0 radical (unpaired) electrons. The lowest BCUT2D eigenvalue weighted by atomic mass is 9.97. The van der Waals surface area contributed by atoms with Crippen LogP contribution in [0, 0.1) is 6.92 Å². The average Bonchev–Trinajstić information content (AvgIpc) is 2.49. The third-order valence-electron chi connectivity index (χ3n) is 2.83. The Morgan fingerprint density at radius 3 is 2.54 bits per heavy atom. The minimum atomic E-state index is 0.604. The molecule has 0 amide bonds. The second-order valence-electron chi connectivity index (χ2n) is 3.69. The van der Waals surface area contributed by atoms with Crippen LogP contribution in [0.25, 0.3) is 0 Å². The molecule has 4 heteroatoms. The summed E-state index contributed by atoms with van der Waals surface area (Å²) in [5.74, 6) is 2.76. The Kier molecular flexibility index (Phi) is 2.31. The van der Waals surface area contributed by atoms with Gasteiger partial charge in [0, 0.05) is 13.0 Å². The SMILES string of the molecule is Cc1nnc(C2CCNCC2)n1C. The summed E-state index contributed by atoms with van der Waals surface area (Å²) in [5, 5.41) is 11.7. The molecular weight excluding hydrogens is 164 g/mol. The van der Waals surface area contributed by atoms with Crippen molar-refractivity contribution in [1.29, 1.82) is 0 Å². The molecule has 1 N–H and O–H groups in total. The van der Waals surface area contributed by atoms with E-state index >= 15 is 0 Å². The van der Waals surface area contributed by atoms with Crippen molar-refractivity contribution < 1.29 is 0 Å². The van der Waals surface area contributed by atoms with Crippen molar-refractivity contribution in [3.05, 3.63) is 11.6 Å². The highest BCUT2D eigenvalue weighted by molar-refractivity contribution is 5.01. The Balaban J connectivity index is 2.18. The number of nitrogens with one attached hydrogen (secondary N) is 1. The predicted molar refractivity (Wildman–Crippen MR) is 50.6 cm³/mol. The molecule has 1 saturated heterocycles. The minimum absolute atomic E-state index is 0.604. The largest absolute Gasteiger partial charge is 0.318 e. The summed E-state index contributed by atoms with van der Waals surface area (Å²) in [6, 6.07) is 0. The molecule has 1 aliphatic heterocycles. The molecular formula is C9H16N4. The third-order valence-corrected chi connectivity index (χ3v) is 2.83. The quantitative estimate of drug-likeness (QED) is 0.688. The predicted octanol–water partition coefficient (Wildman–Crippen LogP) is 0.591. The molecule has 13 heavy (non-hydrogen) atoms. The van der Waals surface area contributed by atoms with E-state index in [9.17, 15) is 0 Å². The molecule has 2 heterocycles. The molecule has 72 valence electrons. The summed E-state index contributed by atoms with van der Waals surface area (Å²) in [4.78, 5) is 0. The highest BCUT2D eigenvalue weighted by atomic mass is 15.3. The van der Waals surface area contributed by atoms with Crippen molar-refractivity contribution >= 4 is 0 Å². The number of hydrogen-bond donors (Lipinski definition) is 1. The van der Waals surface area contributed by atoms with Crippen LogP contribution in [0.1, 0.15) is 30.4 Å². The lowest BCUT2D eigenvalue weighted by Crippen LogP contribution is -2.27. The molecule has 0 unspecified atom stereocenters. The molecule has 1 fully saturated rings. The summed E-state index contributed by atoms with van der Waals surface area (Å²) >= 11 is 0. The van der Waals surface area contributed by atoms with E-state index in [1.165, 1.54) is 12.8 Å². The number of nitrogens with zero attached hydrogens (tertiary/aromatic N) is 3. The van der Waals surface area contributed by atoms with Crippen LogP contribution in [0.4, 0.5) is 0 Å². The highest BCUT2D eigenvalue weighted by Gasteiger charge is 2.20. The van der Waals surface area contributed by atoms with Crippen molar-refractivity contribution in [2.75, 3.05) is 13.1 Å². The summed E-state index contributed by atoms with van der Waals surface area (Å²) in [7, 11) is 2.05. The maximum Gasteiger partial charge on any atom is 0.135 e. The van der Waals surface area contributed by atoms with Gasteiger partial charge in [-0.15, -0.1) is 10.2 Å². The zero-order valence-corrected chi connectivity index (χ0v) is 8.25. The maximum absolute atomic E-state index is 4.22. The standard InChI is InChI=1S/C9H16N4/c1-7-11-12-9(13(7)2)8-3-5-10-6-4-8/h8,10H,3-6H2,1-2H3. The van der Waals surface area contributed by atoms with Gasteiger partial charge in [0.1, 0.15) is 11.6 Å². The zero-order valence-electron chi connectivity index (χ0n) is 8.25. The summed E-state index contributed by atoms with van der Waals surface area (Å²) in [6.45, 7) is 4.21. The van der Waals surface area contributed by atoms with Crippen molar-refractivity contribution in [1.82, 2.24) is 20.1 Å². The third kappa shape index (κ3) is 1.58. The molecule has 0 aromatic carbocycles. The van der Waals surface area contributed by atoms with Crippen LogP contribution < -0.4 is 5.32 Å². The highest BCUT2D eigenvalue weighted by Crippen LogP contribution is 2.22. The lowest BCUT2D eigenvalue weighted by Gasteiger charge is -2.21. The first-order valence-electron chi connectivity index (χ1n) is 4.85. The number of rotatable bonds is 1. The van der Waals surface area contributed by atoms with Gasteiger partial charge in [-0.05, 0) is 32.9 Å². The van der Waals surface area contributed by atoms with Gasteiger partial charge < -0.3 is 9.88 Å². The first kappa shape index (κ1) is 8.69. The molecule has 0 aliphatic carbocycles. The van der Waals surface area contributed by atoms with Gasteiger partial charge in [-0.25, -0.2) is 0 Å². The van der Waals surface area contributed by atoms with Gasteiger partial charge in [0.2, 0.25) is 0 Å². The van der Waals surface area contributed by atoms with Crippen molar-refractivity contribution in [2.24, 2.45) is 7.05 Å². The molecule has 2 rings (SSSR count). The Labute approximate surface area is 78.4 Å². The van der Waals surface area contributed by atoms with Crippen LogP contribution in [-0.4, -0.2) is 27.9 Å². The fourth-order valence-corrected chi connectivity index (χ4v) is 1.86. The van der Waals surface area contributed by atoms with Crippen LogP contribution >= 0.6 is 0 Å².